The van der Waals surface area contributed by atoms with E-state index in [2.05, 4.69) is 20.2 Å². The molecule has 0 spiro atoms. The first-order valence-electron chi connectivity index (χ1n) is 11.6. The Bertz CT molecular complexity index is 1600. The molecule has 11 heteroatoms. The highest BCUT2D eigenvalue weighted by molar-refractivity contribution is 6.00. The van der Waals surface area contributed by atoms with E-state index in [4.69, 9.17) is 4.98 Å². The zero-order chi connectivity index (χ0) is 25.7. The van der Waals surface area contributed by atoms with E-state index in [0.717, 1.165) is 38.3 Å². The number of rotatable bonds is 5. The lowest BCUT2D eigenvalue weighted by molar-refractivity contribution is -0.113. The molecule has 0 saturated carbocycles. The van der Waals surface area contributed by atoms with Crippen LogP contribution in [0.5, 0.6) is 0 Å². The fourth-order valence-corrected chi connectivity index (χ4v) is 4.45. The number of amides is 1. The summed E-state index contributed by atoms with van der Waals surface area (Å²) in [5.41, 5.74) is 3.82. The third-order valence-electron chi connectivity index (χ3n) is 6.56. The Morgan fingerprint density at radius 1 is 1.00 bits per heavy atom. The van der Waals surface area contributed by atoms with E-state index >= 15 is 0 Å². The van der Waals surface area contributed by atoms with Crippen LogP contribution < -0.4 is 4.90 Å². The molecule has 1 saturated heterocycles. The highest BCUT2D eigenvalue weighted by atomic mass is 19.3. The number of hydrogen-bond acceptors (Lipinski definition) is 6. The van der Waals surface area contributed by atoms with Gasteiger partial charge in [-0.1, -0.05) is 12.1 Å². The molecule has 1 amide bonds. The number of anilines is 2. The fourth-order valence-electron chi connectivity index (χ4n) is 4.45. The van der Waals surface area contributed by atoms with Gasteiger partial charge >= 0.3 is 0 Å². The lowest BCUT2D eigenvalue weighted by Crippen LogP contribution is -2.58. The van der Waals surface area contributed by atoms with Crippen LogP contribution in [0.2, 0.25) is 0 Å². The largest absolute Gasteiger partial charge is 0.340 e. The predicted molar refractivity (Wildman–Crippen MR) is 135 cm³/mol. The second kappa shape index (κ2) is 8.47. The summed E-state index contributed by atoms with van der Waals surface area (Å²) in [6, 6.07) is 13.1. The number of carbonyl (C=O) groups excluding carboxylic acids is 1. The molecule has 5 aromatic rings. The predicted octanol–water partition coefficient (Wildman–Crippen LogP) is 4.28. The van der Waals surface area contributed by atoms with Crippen molar-refractivity contribution in [1.29, 1.82) is 0 Å². The van der Waals surface area contributed by atoms with Crippen LogP contribution in [-0.2, 0) is 7.05 Å². The van der Waals surface area contributed by atoms with Gasteiger partial charge in [0.25, 0.3) is 11.8 Å². The molecule has 1 aromatic carbocycles. The molecule has 9 nitrogen and oxygen atoms in total. The molecule has 1 aliphatic rings. The van der Waals surface area contributed by atoms with Crippen LogP contribution in [-0.4, -0.2) is 66.6 Å². The quantitative estimate of drug-likeness (QED) is 0.387. The first-order chi connectivity index (χ1) is 17.8. The Balaban J connectivity index is 1.27. The van der Waals surface area contributed by atoms with Crippen molar-refractivity contribution in [1.82, 2.24) is 34.6 Å². The number of pyridine rings is 1. The molecular formula is C26H22F2N8O. The molecule has 0 aliphatic carbocycles. The lowest BCUT2D eigenvalue weighted by Gasteiger charge is -2.38. The van der Waals surface area contributed by atoms with E-state index < -0.39 is 24.9 Å². The molecule has 1 aliphatic heterocycles. The van der Waals surface area contributed by atoms with Gasteiger partial charge in [0, 0.05) is 60.3 Å². The third kappa shape index (κ3) is 4.07. The second-order valence-electron chi connectivity index (χ2n) is 9.07. The van der Waals surface area contributed by atoms with Crippen molar-refractivity contribution < 1.29 is 13.6 Å². The zero-order valence-corrected chi connectivity index (χ0v) is 20.1. The molecule has 1 N–H and O–H groups in total. The van der Waals surface area contributed by atoms with Crippen LogP contribution in [0.1, 0.15) is 10.5 Å². The summed E-state index contributed by atoms with van der Waals surface area (Å²) in [4.78, 5) is 29.5. The molecule has 186 valence electrons. The van der Waals surface area contributed by atoms with Crippen molar-refractivity contribution in [3.63, 3.8) is 0 Å². The van der Waals surface area contributed by atoms with Gasteiger partial charge in [-0.15, -0.1) is 0 Å². The van der Waals surface area contributed by atoms with E-state index in [1.54, 1.807) is 42.3 Å². The molecule has 0 bridgehead atoms. The maximum Gasteiger partial charge on any atom is 0.282 e. The zero-order valence-electron chi connectivity index (χ0n) is 20.1. The monoisotopic (exact) mass is 500 g/mol. The van der Waals surface area contributed by atoms with Crippen LogP contribution in [0.15, 0.2) is 67.3 Å². The number of hydrogen-bond donors (Lipinski definition) is 1. The van der Waals surface area contributed by atoms with Gasteiger partial charge in [-0.25, -0.2) is 23.7 Å². The second-order valence-corrected chi connectivity index (χ2v) is 9.07. The van der Waals surface area contributed by atoms with Crippen molar-refractivity contribution in [3.05, 3.63) is 72.9 Å². The molecule has 37 heavy (non-hydrogen) atoms. The van der Waals surface area contributed by atoms with Gasteiger partial charge in [-0.3, -0.25) is 9.89 Å². The van der Waals surface area contributed by atoms with E-state index in [9.17, 15) is 13.6 Å². The first kappa shape index (κ1) is 22.8. The van der Waals surface area contributed by atoms with Crippen LogP contribution in [0, 0.1) is 0 Å². The number of aromatic amines is 1. The van der Waals surface area contributed by atoms with E-state index in [1.165, 1.54) is 0 Å². The summed E-state index contributed by atoms with van der Waals surface area (Å²) >= 11 is 0. The summed E-state index contributed by atoms with van der Waals surface area (Å²) in [5.74, 6) is -1.32. The molecular weight excluding hydrogens is 478 g/mol. The average Bonchev–Trinajstić information content (AvgIpc) is 3.55. The normalized spacial score (nSPS) is 14.5. The number of alkyl halides is 2. The molecule has 1 fully saturated rings. The Morgan fingerprint density at radius 3 is 2.51 bits per heavy atom. The van der Waals surface area contributed by atoms with Crippen LogP contribution >= 0.6 is 0 Å². The SMILES string of the molecule is CN(c1ccc(-c2cn[nH]c2)cn1)c1ccnc(-c2ccc3cc(C(=O)N4CC(F)(F)C4)n(C)c3c2)n1. The summed E-state index contributed by atoms with van der Waals surface area (Å²) in [5, 5.41) is 7.59. The van der Waals surface area contributed by atoms with E-state index in [1.807, 2.05) is 48.5 Å². The number of nitrogens with one attached hydrogen (secondary N) is 1. The first-order valence-corrected chi connectivity index (χ1v) is 11.6. The highest BCUT2D eigenvalue weighted by Gasteiger charge is 2.46. The number of likely N-dealkylation sites (tertiary alicyclic amines) is 1. The fraction of sp³-hybridized carbons (Fsp3) is 0.192. The van der Waals surface area contributed by atoms with Gasteiger partial charge in [-0.2, -0.15) is 5.10 Å². The number of halogens is 2. The smallest absolute Gasteiger partial charge is 0.282 e. The number of aromatic nitrogens is 6. The van der Waals surface area contributed by atoms with Gasteiger partial charge in [0.2, 0.25) is 0 Å². The summed E-state index contributed by atoms with van der Waals surface area (Å²) in [7, 11) is 3.63. The Hall–Kier alpha value is -4.67. The third-order valence-corrected chi connectivity index (χ3v) is 6.56. The molecule has 0 atom stereocenters. The van der Waals surface area contributed by atoms with Crippen LogP contribution in [0.4, 0.5) is 20.4 Å². The van der Waals surface area contributed by atoms with Crippen molar-refractivity contribution in [2.24, 2.45) is 7.05 Å². The minimum Gasteiger partial charge on any atom is -0.340 e. The van der Waals surface area contributed by atoms with Gasteiger partial charge in [0.15, 0.2) is 5.82 Å². The lowest BCUT2D eigenvalue weighted by atomic mass is 10.1. The van der Waals surface area contributed by atoms with Gasteiger partial charge in [0.1, 0.15) is 17.3 Å². The number of carbonyl (C=O) groups is 1. The average molecular weight is 501 g/mol. The molecule has 0 unspecified atom stereocenters. The van der Waals surface area contributed by atoms with Crippen LogP contribution in [0.3, 0.4) is 0 Å². The maximum atomic E-state index is 13.3. The number of H-pyrrole nitrogens is 1. The Labute approximate surface area is 210 Å². The topological polar surface area (TPSA) is 95.8 Å². The molecule has 5 heterocycles. The number of aryl methyl sites for hydroxylation is 1. The summed E-state index contributed by atoms with van der Waals surface area (Å²) in [6.45, 7) is -1.10. The number of fused-ring (bicyclic) bond motifs is 1. The molecule has 6 rings (SSSR count). The van der Waals surface area contributed by atoms with Crippen molar-refractivity contribution in [2.45, 2.75) is 5.92 Å². The summed E-state index contributed by atoms with van der Waals surface area (Å²) < 4.78 is 28.2. The van der Waals surface area contributed by atoms with Crippen molar-refractivity contribution in [2.75, 3.05) is 25.0 Å². The Kier molecular flexibility index (Phi) is 5.21. The minimum absolute atomic E-state index is 0.363. The number of benzene rings is 1. The van der Waals surface area contributed by atoms with E-state index in [-0.39, 0.29) is 0 Å². The van der Waals surface area contributed by atoms with Crippen molar-refractivity contribution >= 4 is 28.4 Å². The highest BCUT2D eigenvalue weighted by Crippen LogP contribution is 2.31. The van der Waals surface area contributed by atoms with E-state index in [0.29, 0.717) is 17.3 Å². The van der Waals surface area contributed by atoms with Crippen molar-refractivity contribution in [3.8, 4) is 22.5 Å². The molecule has 0 radical (unpaired) electrons. The molecule has 4 aromatic heterocycles. The van der Waals surface area contributed by atoms with Gasteiger partial charge in [0.05, 0.1) is 19.3 Å². The van der Waals surface area contributed by atoms with Gasteiger partial charge in [-0.05, 0) is 30.3 Å². The Morgan fingerprint density at radius 2 is 1.81 bits per heavy atom. The summed E-state index contributed by atoms with van der Waals surface area (Å²) in [6.07, 6.45) is 7.01. The maximum absolute atomic E-state index is 13.3. The van der Waals surface area contributed by atoms with Gasteiger partial charge < -0.3 is 14.4 Å². The standard InChI is InChI=1S/C26H22F2N8O/c1-34-20-10-17(4-3-16(20)9-21(34)25(37)36-14-26(27,28)15-36)24-29-8-7-23(33-24)35(2)22-6-5-18(11-30-22)19-12-31-32-13-19/h3-13H,14-15H2,1-2H3,(H,31,32). The number of nitrogens with zero attached hydrogens (tertiary/aromatic N) is 7. The minimum atomic E-state index is -2.81. The van der Waals surface area contributed by atoms with Crippen LogP contribution in [0.25, 0.3) is 33.4 Å².